The number of benzene rings is 1. The summed E-state index contributed by atoms with van der Waals surface area (Å²) in [5.74, 6) is 1.40. The molecule has 1 unspecified atom stereocenters. The maximum absolute atomic E-state index is 13.1. The van der Waals surface area contributed by atoms with Crippen molar-refractivity contribution < 1.29 is 4.90 Å². The Kier molecular flexibility index (Phi) is 3.65. The van der Waals surface area contributed by atoms with Crippen LogP contribution < -0.4 is 10.5 Å². The molecule has 2 aromatic heterocycles. The van der Waals surface area contributed by atoms with E-state index in [0.29, 0.717) is 17.3 Å². The molecule has 5 nitrogen and oxygen atoms in total. The molecule has 0 spiro atoms. The Bertz CT molecular complexity index is 963. The second-order valence-corrected chi connectivity index (χ2v) is 6.52. The third-order valence-electron chi connectivity index (χ3n) is 5.01. The zero-order valence-electron chi connectivity index (χ0n) is 14.0. The predicted molar refractivity (Wildman–Crippen MR) is 93.6 cm³/mol. The summed E-state index contributed by atoms with van der Waals surface area (Å²) in [6.45, 7) is 3.03. The highest BCUT2D eigenvalue weighted by Crippen LogP contribution is 2.24. The minimum absolute atomic E-state index is 0.0475. The lowest BCUT2D eigenvalue weighted by molar-refractivity contribution is -0.898. The Balaban J connectivity index is 1.98. The molecule has 1 fully saturated rings. The summed E-state index contributed by atoms with van der Waals surface area (Å²) in [6, 6.07) is 11.9. The largest absolute Gasteiger partial charge is 0.331 e. The highest BCUT2D eigenvalue weighted by atomic mass is 16.1. The van der Waals surface area contributed by atoms with Crippen molar-refractivity contribution in [3.05, 3.63) is 64.3 Å². The fraction of sp³-hybridized carbons (Fsp3) is 0.316. The Morgan fingerprint density at radius 1 is 1.21 bits per heavy atom. The zero-order chi connectivity index (χ0) is 16.7. The molecule has 0 amide bonds. The number of aryl methyl sites for hydroxylation is 1. The van der Waals surface area contributed by atoms with Crippen molar-refractivity contribution in [3.8, 4) is 5.82 Å². The number of hydrogen-bond donors (Lipinski definition) is 1. The minimum Gasteiger partial charge on any atom is -0.331 e. The first-order valence-corrected chi connectivity index (χ1v) is 8.43. The maximum Gasteiger partial charge on any atom is 0.267 e. The summed E-state index contributed by atoms with van der Waals surface area (Å²) in [5.41, 5.74) is 1.82. The van der Waals surface area contributed by atoms with Crippen LogP contribution in [0.2, 0.25) is 0 Å². The van der Waals surface area contributed by atoms with E-state index in [1.165, 1.54) is 11.3 Å². The summed E-state index contributed by atoms with van der Waals surface area (Å²) in [6.07, 6.45) is 4.08. The van der Waals surface area contributed by atoms with Crippen molar-refractivity contribution >= 4 is 10.9 Å². The molecule has 3 heterocycles. The normalized spacial score (nSPS) is 20.6. The second-order valence-electron chi connectivity index (χ2n) is 6.52. The standard InChI is InChI=1S/C19H20N4O/c1-13-21-16-9-4-3-7-14(16)19(24)23(13)18-15(8-5-11-20-18)17-10-6-12-22(17)2/h3-5,7-9,11,17H,6,10,12H2,1-2H3/p+1/t17-/m1/s1. The van der Waals surface area contributed by atoms with Gasteiger partial charge in [-0.25, -0.2) is 14.5 Å². The van der Waals surface area contributed by atoms with Gasteiger partial charge in [-0.15, -0.1) is 0 Å². The number of pyridine rings is 1. The van der Waals surface area contributed by atoms with Gasteiger partial charge >= 0.3 is 0 Å². The SMILES string of the molecule is Cc1nc2ccccc2c(=O)n1-c1ncccc1[C@H]1CCC[NH+]1C. The van der Waals surface area contributed by atoms with E-state index in [2.05, 4.69) is 23.1 Å². The first-order valence-electron chi connectivity index (χ1n) is 8.43. The third-order valence-corrected chi connectivity index (χ3v) is 5.01. The van der Waals surface area contributed by atoms with Crippen LogP contribution in [0.1, 0.15) is 30.3 Å². The summed E-state index contributed by atoms with van der Waals surface area (Å²) >= 11 is 0. The van der Waals surface area contributed by atoms with Crippen LogP contribution in [-0.2, 0) is 0 Å². The van der Waals surface area contributed by atoms with Gasteiger partial charge in [0.05, 0.1) is 30.1 Å². The molecule has 2 atom stereocenters. The summed E-state index contributed by atoms with van der Waals surface area (Å²) in [4.78, 5) is 23.7. The third kappa shape index (κ3) is 2.32. The van der Waals surface area contributed by atoms with Crippen LogP contribution >= 0.6 is 0 Å². The first kappa shape index (κ1) is 15.0. The Morgan fingerprint density at radius 2 is 2.04 bits per heavy atom. The molecule has 0 bridgehead atoms. The van der Waals surface area contributed by atoms with Crippen LogP contribution in [-0.4, -0.2) is 28.1 Å². The molecule has 3 aromatic rings. The molecule has 0 aliphatic carbocycles. The number of rotatable bonds is 2. The van der Waals surface area contributed by atoms with Crippen molar-refractivity contribution in [1.82, 2.24) is 14.5 Å². The van der Waals surface area contributed by atoms with E-state index in [1.54, 1.807) is 10.8 Å². The van der Waals surface area contributed by atoms with Crippen molar-refractivity contribution in [2.24, 2.45) is 0 Å². The summed E-state index contributed by atoms with van der Waals surface area (Å²) < 4.78 is 1.67. The molecule has 1 N–H and O–H groups in total. The van der Waals surface area contributed by atoms with Gasteiger partial charge in [0.15, 0.2) is 0 Å². The predicted octanol–water partition coefficient (Wildman–Crippen LogP) is 1.44. The maximum atomic E-state index is 13.1. The Labute approximate surface area is 140 Å². The highest BCUT2D eigenvalue weighted by molar-refractivity contribution is 5.77. The summed E-state index contributed by atoms with van der Waals surface area (Å²) in [5, 5.41) is 0.631. The zero-order valence-corrected chi connectivity index (χ0v) is 14.0. The first-order chi connectivity index (χ1) is 11.7. The number of quaternary nitrogens is 1. The average molecular weight is 321 g/mol. The fourth-order valence-electron chi connectivity index (χ4n) is 3.79. The van der Waals surface area contributed by atoms with Gasteiger partial charge in [-0.3, -0.25) is 4.79 Å². The molecule has 122 valence electrons. The Morgan fingerprint density at radius 3 is 2.83 bits per heavy atom. The van der Waals surface area contributed by atoms with Gasteiger partial charge in [0.25, 0.3) is 5.56 Å². The van der Waals surface area contributed by atoms with E-state index in [9.17, 15) is 4.79 Å². The number of para-hydroxylation sites is 1. The number of nitrogens with zero attached hydrogens (tertiary/aromatic N) is 3. The number of hydrogen-bond acceptors (Lipinski definition) is 3. The monoisotopic (exact) mass is 321 g/mol. The van der Waals surface area contributed by atoms with Crippen molar-refractivity contribution in [1.29, 1.82) is 0 Å². The number of aromatic nitrogens is 3. The molecule has 0 saturated carbocycles. The number of nitrogens with one attached hydrogen (secondary N) is 1. The average Bonchev–Trinajstić information content (AvgIpc) is 3.01. The Hall–Kier alpha value is -2.53. The molecule has 24 heavy (non-hydrogen) atoms. The van der Waals surface area contributed by atoms with E-state index in [-0.39, 0.29) is 5.56 Å². The van der Waals surface area contributed by atoms with E-state index in [1.807, 2.05) is 37.3 Å². The summed E-state index contributed by atoms with van der Waals surface area (Å²) in [7, 11) is 2.21. The van der Waals surface area contributed by atoms with Crippen LogP contribution in [0.4, 0.5) is 0 Å². The van der Waals surface area contributed by atoms with Crippen molar-refractivity contribution in [3.63, 3.8) is 0 Å². The van der Waals surface area contributed by atoms with Crippen molar-refractivity contribution in [2.75, 3.05) is 13.6 Å². The molecule has 1 aliphatic rings. The molecule has 1 aromatic carbocycles. The quantitative estimate of drug-likeness (QED) is 0.777. The molecule has 4 rings (SSSR count). The molecule has 1 aliphatic heterocycles. The topological polar surface area (TPSA) is 52.2 Å². The number of likely N-dealkylation sites (tertiary alicyclic amines) is 1. The lowest BCUT2D eigenvalue weighted by Gasteiger charge is -2.20. The van der Waals surface area contributed by atoms with E-state index in [4.69, 9.17) is 0 Å². The van der Waals surface area contributed by atoms with E-state index >= 15 is 0 Å². The van der Waals surface area contributed by atoms with Gasteiger partial charge in [-0.2, -0.15) is 0 Å². The van der Waals surface area contributed by atoms with E-state index in [0.717, 1.165) is 29.9 Å². The van der Waals surface area contributed by atoms with Crippen LogP contribution in [0, 0.1) is 6.92 Å². The van der Waals surface area contributed by atoms with E-state index < -0.39 is 0 Å². The van der Waals surface area contributed by atoms with Crippen molar-refractivity contribution in [2.45, 2.75) is 25.8 Å². The van der Waals surface area contributed by atoms with Gasteiger partial charge in [0.1, 0.15) is 17.7 Å². The van der Waals surface area contributed by atoms with Crippen LogP contribution in [0.3, 0.4) is 0 Å². The number of fused-ring (bicyclic) bond motifs is 1. The van der Waals surface area contributed by atoms with Crippen LogP contribution in [0.15, 0.2) is 47.4 Å². The van der Waals surface area contributed by atoms with Gasteiger partial charge in [-0.05, 0) is 31.2 Å². The molecule has 0 radical (unpaired) electrons. The van der Waals surface area contributed by atoms with Gasteiger partial charge in [0, 0.05) is 19.0 Å². The van der Waals surface area contributed by atoms with Gasteiger partial charge < -0.3 is 4.90 Å². The lowest BCUT2D eigenvalue weighted by atomic mass is 10.1. The van der Waals surface area contributed by atoms with Crippen LogP contribution in [0.25, 0.3) is 16.7 Å². The fourth-order valence-corrected chi connectivity index (χ4v) is 3.79. The second kappa shape index (κ2) is 5.83. The van der Waals surface area contributed by atoms with Gasteiger partial charge in [0.2, 0.25) is 0 Å². The molecule has 1 saturated heterocycles. The lowest BCUT2D eigenvalue weighted by Crippen LogP contribution is -3.07. The molecular weight excluding hydrogens is 300 g/mol. The van der Waals surface area contributed by atoms with Crippen LogP contribution in [0.5, 0.6) is 0 Å². The molecule has 5 heteroatoms. The highest BCUT2D eigenvalue weighted by Gasteiger charge is 2.30. The molecular formula is C19H21N4O+. The smallest absolute Gasteiger partial charge is 0.267 e. The minimum atomic E-state index is -0.0475. The van der Waals surface area contributed by atoms with Gasteiger partial charge in [-0.1, -0.05) is 12.1 Å².